The van der Waals surface area contributed by atoms with Crippen LogP contribution in [0, 0.1) is 6.92 Å². The van der Waals surface area contributed by atoms with Crippen molar-refractivity contribution in [2.75, 3.05) is 24.7 Å². The van der Waals surface area contributed by atoms with Crippen molar-refractivity contribution in [2.45, 2.75) is 13.0 Å². The molecule has 2 aromatic rings. The van der Waals surface area contributed by atoms with Gasteiger partial charge in [0.25, 0.3) is 0 Å². The number of aromatic nitrogens is 2. The number of carboxylic acid groups (broad SMARTS) is 1. The van der Waals surface area contributed by atoms with Crippen LogP contribution in [0.4, 0.5) is 5.82 Å². The highest BCUT2D eigenvalue weighted by Gasteiger charge is 2.31. The van der Waals surface area contributed by atoms with E-state index in [1.807, 2.05) is 31.2 Å². The summed E-state index contributed by atoms with van der Waals surface area (Å²) < 4.78 is 5.25. The monoisotopic (exact) mass is 273 g/mol. The summed E-state index contributed by atoms with van der Waals surface area (Å²) in [5.41, 5.74) is 2.31. The van der Waals surface area contributed by atoms with E-state index in [0.29, 0.717) is 19.0 Å². The van der Waals surface area contributed by atoms with Crippen LogP contribution in [-0.2, 0) is 9.53 Å². The number of carbonyl (C=O) groups is 1. The summed E-state index contributed by atoms with van der Waals surface area (Å²) in [7, 11) is 0. The molecule has 1 aliphatic heterocycles. The molecule has 0 amide bonds. The third kappa shape index (κ3) is 2.18. The zero-order valence-corrected chi connectivity index (χ0v) is 11.1. The van der Waals surface area contributed by atoms with Crippen molar-refractivity contribution in [1.82, 2.24) is 9.97 Å². The molecule has 1 atom stereocenters. The van der Waals surface area contributed by atoms with Gasteiger partial charge in [0.15, 0.2) is 11.9 Å². The number of ether oxygens (including phenoxy) is 1. The number of morpholine rings is 1. The van der Waals surface area contributed by atoms with Gasteiger partial charge >= 0.3 is 5.97 Å². The number of aliphatic carboxylic acids is 1. The molecule has 1 saturated heterocycles. The highest BCUT2D eigenvalue weighted by Crippen LogP contribution is 2.23. The maximum atomic E-state index is 11.3. The quantitative estimate of drug-likeness (QED) is 0.887. The second kappa shape index (κ2) is 5.05. The largest absolute Gasteiger partial charge is 0.480 e. The van der Waals surface area contributed by atoms with E-state index in [-0.39, 0.29) is 6.61 Å². The molecule has 0 aliphatic carbocycles. The third-order valence-corrected chi connectivity index (χ3v) is 3.41. The number of para-hydroxylation sites is 2. The van der Waals surface area contributed by atoms with Crippen LogP contribution >= 0.6 is 0 Å². The van der Waals surface area contributed by atoms with Crippen LogP contribution < -0.4 is 4.90 Å². The van der Waals surface area contributed by atoms with Gasteiger partial charge in [-0.2, -0.15) is 0 Å². The molecular formula is C14H15N3O3. The average molecular weight is 273 g/mol. The van der Waals surface area contributed by atoms with E-state index in [0.717, 1.165) is 16.7 Å². The van der Waals surface area contributed by atoms with E-state index in [9.17, 15) is 9.90 Å². The topological polar surface area (TPSA) is 75.5 Å². The fraction of sp³-hybridized carbons (Fsp3) is 0.357. The molecule has 0 radical (unpaired) electrons. The number of hydrogen-bond donors (Lipinski definition) is 1. The van der Waals surface area contributed by atoms with Crippen LogP contribution in [0.2, 0.25) is 0 Å². The lowest BCUT2D eigenvalue weighted by Crippen LogP contribution is -2.50. The Hall–Kier alpha value is -2.21. The van der Waals surface area contributed by atoms with E-state index in [1.54, 1.807) is 4.90 Å². The minimum Gasteiger partial charge on any atom is -0.480 e. The summed E-state index contributed by atoms with van der Waals surface area (Å²) in [5, 5.41) is 9.30. The molecule has 6 nitrogen and oxygen atoms in total. The highest BCUT2D eigenvalue weighted by atomic mass is 16.5. The Morgan fingerprint density at radius 1 is 1.35 bits per heavy atom. The Bertz CT molecular complexity index is 659. The van der Waals surface area contributed by atoms with Gasteiger partial charge in [-0.15, -0.1) is 0 Å². The van der Waals surface area contributed by atoms with Crippen LogP contribution in [0.5, 0.6) is 0 Å². The minimum absolute atomic E-state index is 0.170. The zero-order valence-electron chi connectivity index (χ0n) is 11.1. The van der Waals surface area contributed by atoms with Crippen molar-refractivity contribution in [3.05, 3.63) is 30.0 Å². The van der Waals surface area contributed by atoms with E-state index in [2.05, 4.69) is 9.97 Å². The van der Waals surface area contributed by atoms with Crippen molar-refractivity contribution in [3.8, 4) is 0 Å². The maximum Gasteiger partial charge on any atom is 0.328 e. The summed E-state index contributed by atoms with van der Waals surface area (Å²) in [6.07, 6.45) is 0. The number of nitrogens with zero attached hydrogens (tertiary/aromatic N) is 3. The Labute approximate surface area is 116 Å². The van der Waals surface area contributed by atoms with E-state index in [1.165, 1.54) is 0 Å². The summed E-state index contributed by atoms with van der Waals surface area (Å²) in [4.78, 5) is 22.2. The number of rotatable bonds is 2. The Morgan fingerprint density at radius 2 is 2.05 bits per heavy atom. The molecule has 1 aliphatic rings. The smallest absolute Gasteiger partial charge is 0.328 e. The van der Waals surface area contributed by atoms with Gasteiger partial charge in [-0.25, -0.2) is 14.8 Å². The molecule has 2 heterocycles. The SMILES string of the molecule is Cc1nc2ccccc2nc1N1CCOCC1C(=O)O. The molecule has 0 spiro atoms. The van der Waals surface area contributed by atoms with Crippen LogP contribution in [0.3, 0.4) is 0 Å². The van der Waals surface area contributed by atoms with Gasteiger partial charge in [-0.05, 0) is 19.1 Å². The van der Waals surface area contributed by atoms with Crippen LogP contribution in [0.15, 0.2) is 24.3 Å². The molecule has 104 valence electrons. The molecule has 1 aromatic heterocycles. The van der Waals surface area contributed by atoms with Crippen molar-refractivity contribution < 1.29 is 14.6 Å². The lowest BCUT2D eigenvalue weighted by atomic mass is 10.2. The number of anilines is 1. The molecule has 6 heteroatoms. The van der Waals surface area contributed by atoms with E-state index < -0.39 is 12.0 Å². The molecule has 0 bridgehead atoms. The first kappa shape index (κ1) is 12.8. The molecule has 3 rings (SSSR count). The highest BCUT2D eigenvalue weighted by molar-refractivity contribution is 5.81. The fourth-order valence-electron chi connectivity index (χ4n) is 2.41. The van der Waals surface area contributed by atoms with Crippen LogP contribution in [-0.4, -0.2) is 46.8 Å². The standard InChI is InChI=1S/C14H15N3O3/c1-9-13(16-11-5-3-2-4-10(11)15-9)17-6-7-20-8-12(17)14(18)19/h2-5,12H,6-8H2,1H3,(H,18,19). The second-order valence-electron chi connectivity index (χ2n) is 4.74. The summed E-state index contributed by atoms with van der Waals surface area (Å²) >= 11 is 0. The predicted octanol–water partition coefficient (Wildman–Crippen LogP) is 1.23. The van der Waals surface area contributed by atoms with Crippen molar-refractivity contribution >= 4 is 22.8 Å². The number of carboxylic acids is 1. The second-order valence-corrected chi connectivity index (χ2v) is 4.74. The Kier molecular flexibility index (Phi) is 3.23. The summed E-state index contributed by atoms with van der Waals surface area (Å²) in [6, 6.07) is 6.86. The number of benzene rings is 1. The van der Waals surface area contributed by atoms with Gasteiger partial charge in [-0.3, -0.25) is 0 Å². The first-order valence-corrected chi connectivity index (χ1v) is 6.47. The molecular weight excluding hydrogens is 258 g/mol. The van der Waals surface area contributed by atoms with Crippen LogP contribution in [0.1, 0.15) is 5.69 Å². The molecule has 1 N–H and O–H groups in total. The lowest BCUT2D eigenvalue weighted by Gasteiger charge is -2.34. The zero-order chi connectivity index (χ0) is 14.1. The van der Waals surface area contributed by atoms with E-state index >= 15 is 0 Å². The average Bonchev–Trinajstić information content (AvgIpc) is 2.46. The lowest BCUT2D eigenvalue weighted by molar-refractivity contribution is -0.141. The third-order valence-electron chi connectivity index (χ3n) is 3.41. The fourth-order valence-corrected chi connectivity index (χ4v) is 2.41. The number of hydrogen-bond acceptors (Lipinski definition) is 5. The van der Waals surface area contributed by atoms with Gasteiger partial charge in [-0.1, -0.05) is 12.1 Å². The Balaban J connectivity index is 2.07. The van der Waals surface area contributed by atoms with Gasteiger partial charge in [0.2, 0.25) is 0 Å². The van der Waals surface area contributed by atoms with Gasteiger partial charge < -0.3 is 14.7 Å². The normalized spacial score (nSPS) is 19.2. The van der Waals surface area contributed by atoms with Gasteiger partial charge in [0.1, 0.15) is 0 Å². The summed E-state index contributed by atoms with van der Waals surface area (Å²) in [5.74, 6) is -0.279. The van der Waals surface area contributed by atoms with Gasteiger partial charge in [0.05, 0.1) is 29.9 Å². The number of fused-ring (bicyclic) bond motifs is 1. The molecule has 20 heavy (non-hydrogen) atoms. The predicted molar refractivity (Wildman–Crippen MR) is 73.9 cm³/mol. The Morgan fingerprint density at radius 3 is 2.75 bits per heavy atom. The van der Waals surface area contributed by atoms with Gasteiger partial charge in [0, 0.05) is 6.54 Å². The first-order chi connectivity index (χ1) is 9.66. The van der Waals surface area contributed by atoms with Crippen molar-refractivity contribution in [1.29, 1.82) is 0 Å². The minimum atomic E-state index is -0.904. The number of aryl methyl sites for hydroxylation is 1. The molecule has 1 fully saturated rings. The van der Waals surface area contributed by atoms with Crippen LogP contribution in [0.25, 0.3) is 11.0 Å². The first-order valence-electron chi connectivity index (χ1n) is 6.47. The molecule has 1 unspecified atom stereocenters. The molecule has 1 aromatic carbocycles. The van der Waals surface area contributed by atoms with E-state index in [4.69, 9.17) is 4.74 Å². The molecule has 0 saturated carbocycles. The summed E-state index contributed by atoms with van der Waals surface area (Å²) in [6.45, 7) is 3.02. The maximum absolute atomic E-state index is 11.3. The van der Waals surface area contributed by atoms with Crippen molar-refractivity contribution in [2.24, 2.45) is 0 Å². The van der Waals surface area contributed by atoms with Crippen molar-refractivity contribution in [3.63, 3.8) is 0 Å².